The number of carbonyl (C=O) groups excluding carboxylic acids is 1. The second kappa shape index (κ2) is 6.32. The van der Waals surface area contributed by atoms with E-state index in [0.29, 0.717) is 4.47 Å². The first-order valence-electron chi connectivity index (χ1n) is 6.25. The van der Waals surface area contributed by atoms with E-state index in [1.165, 1.54) is 12.1 Å². The van der Waals surface area contributed by atoms with Gasteiger partial charge in [-0.05, 0) is 37.5 Å². The van der Waals surface area contributed by atoms with E-state index in [-0.39, 0.29) is 17.0 Å². The van der Waals surface area contributed by atoms with Gasteiger partial charge in [0.25, 0.3) is 5.91 Å². The SMILES string of the molecule is CCC(CC)(CC)NC(=O)c1ccc(Br)cc1F. The van der Waals surface area contributed by atoms with Crippen molar-refractivity contribution in [1.82, 2.24) is 5.32 Å². The summed E-state index contributed by atoms with van der Waals surface area (Å²) in [6.45, 7) is 6.10. The first-order valence-corrected chi connectivity index (χ1v) is 7.05. The van der Waals surface area contributed by atoms with Crippen molar-refractivity contribution in [2.45, 2.75) is 45.6 Å². The number of rotatable bonds is 5. The van der Waals surface area contributed by atoms with Crippen molar-refractivity contribution in [2.24, 2.45) is 0 Å². The Bertz CT molecular complexity index is 422. The summed E-state index contributed by atoms with van der Waals surface area (Å²) < 4.78 is 14.3. The van der Waals surface area contributed by atoms with Gasteiger partial charge in [-0.3, -0.25) is 4.79 Å². The van der Waals surface area contributed by atoms with E-state index in [4.69, 9.17) is 0 Å². The van der Waals surface area contributed by atoms with Gasteiger partial charge < -0.3 is 5.32 Å². The van der Waals surface area contributed by atoms with Gasteiger partial charge in [0.2, 0.25) is 0 Å². The Morgan fingerprint density at radius 3 is 2.28 bits per heavy atom. The van der Waals surface area contributed by atoms with Crippen LogP contribution in [0.4, 0.5) is 4.39 Å². The van der Waals surface area contributed by atoms with Gasteiger partial charge in [0, 0.05) is 10.0 Å². The standard InChI is InChI=1S/C14H19BrFNO/c1-4-14(5-2,6-3)17-13(18)11-8-7-10(15)9-12(11)16/h7-9H,4-6H2,1-3H3,(H,17,18). The van der Waals surface area contributed by atoms with Crippen molar-refractivity contribution >= 4 is 21.8 Å². The number of hydrogen-bond acceptors (Lipinski definition) is 1. The van der Waals surface area contributed by atoms with Gasteiger partial charge in [-0.25, -0.2) is 4.39 Å². The highest BCUT2D eigenvalue weighted by atomic mass is 79.9. The van der Waals surface area contributed by atoms with Gasteiger partial charge in [0.15, 0.2) is 0 Å². The van der Waals surface area contributed by atoms with E-state index >= 15 is 0 Å². The Balaban J connectivity index is 2.94. The number of benzene rings is 1. The quantitative estimate of drug-likeness (QED) is 0.863. The molecule has 100 valence electrons. The maximum Gasteiger partial charge on any atom is 0.254 e. The molecule has 0 aliphatic carbocycles. The molecular formula is C14H19BrFNO. The van der Waals surface area contributed by atoms with Crippen LogP contribution in [0.25, 0.3) is 0 Å². The van der Waals surface area contributed by atoms with Crippen LogP contribution in [0.1, 0.15) is 50.4 Å². The topological polar surface area (TPSA) is 29.1 Å². The van der Waals surface area contributed by atoms with Gasteiger partial charge in [-0.2, -0.15) is 0 Å². The summed E-state index contributed by atoms with van der Waals surface area (Å²) in [5.41, 5.74) is -0.144. The van der Waals surface area contributed by atoms with Crippen molar-refractivity contribution in [3.05, 3.63) is 34.1 Å². The van der Waals surface area contributed by atoms with E-state index in [0.717, 1.165) is 19.3 Å². The maximum atomic E-state index is 13.7. The molecule has 0 aliphatic heterocycles. The van der Waals surface area contributed by atoms with Crippen LogP contribution in [0.2, 0.25) is 0 Å². The highest BCUT2D eigenvalue weighted by Crippen LogP contribution is 2.21. The molecule has 1 aromatic rings. The van der Waals surface area contributed by atoms with Crippen molar-refractivity contribution in [2.75, 3.05) is 0 Å². The van der Waals surface area contributed by atoms with E-state index in [1.54, 1.807) is 6.07 Å². The molecule has 1 rings (SSSR count). The highest BCUT2D eigenvalue weighted by Gasteiger charge is 2.27. The third-order valence-corrected chi connectivity index (χ3v) is 4.08. The second-order valence-corrected chi connectivity index (χ2v) is 5.33. The summed E-state index contributed by atoms with van der Waals surface area (Å²) >= 11 is 3.18. The van der Waals surface area contributed by atoms with Crippen LogP contribution in [-0.2, 0) is 0 Å². The van der Waals surface area contributed by atoms with Crippen LogP contribution in [0.15, 0.2) is 22.7 Å². The molecule has 0 heterocycles. The molecule has 0 unspecified atom stereocenters. The smallest absolute Gasteiger partial charge is 0.254 e. The predicted octanol–water partition coefficient (Wildman–Crippen LogP) is 4.29. The molecule has 0 aliphatic rings. The molecule has 4 heteroatoms. The Labute approximate surface area is 116 Å². The molecule has 1 aromatic carbocycles. The summed E-state index contributed by atoms with van der Waals surface area (Å²) in [5.74, 6) is -0.843. The molecule has 0 aromatic heterocycles. The maximum absolute atomic E-state index is 13.7. The molecule has 0 radical (unpaired) electrons. The predicted molar refractivity (Wildman–Crippen MR) is 75.2 cm³/mol. The summed E-state index contributed by atoms with van der Waals surface area (Å²) in [4.78, 5) is 12.1. The van der Waals surface area contributed by atoms with Gasteiger partial charge in [0.05, 0.1) is 5.56 Å². The van der Waals surface area contributed by atoms with Crippen LogP contribution >= 0.6 is 15.9 Å². The van der Waals surface area contributed by atoms with Gasteiger partial charge in [-0.1, -0.05) is 36.7 Å². The number of halogens is 2. The van der Waals surface area contributed by atoms with E-state index in [9.17, 15) is 9.18 Å². The summed E-state index contributed by atoms with van der Waals surface area (Å²) in [6, 6.07) is 4.48. The molecule has 1 amide bonds. The largest absolute Gasteiger partial charge is 0.347 e. The molecular weight excluding hydrogens is 297 g/mol. The lowest BCUT2D eigenvalue weighted by Gasteiger charge is -2.31. The molecule has 0 fully saturated rings. The Morgan fingerprint density at radius 1 is 1.28 bits per heavy atom. The zero-order chi connectivity index (χ0) is 13.8. The average Bonchev–Trinajstić information content (AvgIpc) is 2.36. The lowest BCUT2D eigenvalue weighted by molar-refractivity contribution is 0.0884. The fraction of sp³-hybridized carbons (Fsp3) is 0.500. The lowest BCUT2D eigenvalue weighted by atomic mass is 9.89. The first-order chi connectivity index (χ1) is 8.48. The van der Waals surface area contributed by atoms with Crippen LogP contribution in [-0.4, -0.2) is 11.4 Å². The minimum atomic E-state index is -0.501. The van der Waals surface area contributed by atoms with Crippen molar-refractivity contribution in [1.29, 1.82) is 0 Å². The van der Waals surface area contributed by atoms with E-state index in [1.807, 2.05) is 20.8 Å². The zero-order valence-electron chi connectivity index (χ0n) is 11.0. The summed E-state index contributed by atoms with van der Waals surface area (Å²) in [7, 11) is 0. The molecule has 2 nitrogen and oxygen atoms in total. The average molecular weight is 316 g/mol. The Morgan fingerprint density at radius 2 is 1.83 bits per heavy atom. The van der Waals surface area contributed by atoms with Crippen molar-refractivity contribution in [3.63, 3.8) is 0 Å². The van der Waals surface area contributed by atoms with E-state index < -0.39 is 5.82 Å². The number of nitrogens with one attached hydrogen (secondary N) is 1. The molecule has 0 atom stereocenters. The number of carbonyl (C=O) groups is 1. The minimum Gasteiger partial charge on any atom is -0.347 e. The summed E-state index contributed by atoms with van der Waals surface area (Å²) in [5, 5.41) is 2.96. The van der Waals surface area contributed by atoms with Gasteiger partial charge >= 0.3 is 0 Å². The lowest BCUT2D eigenvalue weighted by Crippen LogP contribution is -2.47. The second-order valence-electron chi connectivity index (χ2n) is 4.42. The minimum absolute atomic E-state index is 0.0953. The molecule has 0 spiro atoms. The monoisotopic (exact) mass is 315 g/mol. The van der Waals surface area contributed by atoms with Crippen LogP contribution < -0.4 is 5.32 Å². The third-order valence-electron chi connectivity index (χ3n) is 3.58. The van der Waals surface area contributed by atoms with Crippen LogP contribution in [0.5, 0.6) is 0 Å². The Kier molecular flexibility index (Phi) is 5.32. The normalized spacial score (nSPS) is 11.4. The number of hydrogen-bond donors (Lipinski definition) is 1. The van der Waals surface area contributed by atoms with Crippen molar-refractivity contribution < 1.29 is 9.18 Å². The zero-order valence-corrected chi connectivity index (χ0v) is 12.6. The molecule has 0 bridgehead atoms. The number of amides is 1. The van der Waals surface area contributed by atoms with Crippen LogP contribution in [0.3, 0.4) is 0 Å². The molecule has 18 heavy (non-hydrogen) atoms. The van der Waals surface area contributed by atoms with Gasteiger partial charge in [0.1, 0.15) is 5.82 Å². The Hall–Kier alpha value is -0.900. The van der Waals surface area contributed by atoms with Gasteiger partial charge in [-0.15, -0.1) is 0 Å². The van der Waals surface area contributed by atoms with Crippen LogP contribution in [0, 0.1) is 5.82 Å². The molecule has 0 saturated carbocycles. The fourth-order valence-electron chi connectivity index (χ4n) is 2.00. The van der Waals surface area contributed by atoms with Crippen molar-refractivity contribution in [3.8, 4) is 0 Å². The molecule has 1 N–H and O–H groups in total. The first kappa shape index (κ1) is 15.2. The third kappa shape index (κ3) is 3.31. The highest BCUT2D eigenvalue weighted by molar-refractivity contribution is 9.10. The fourth-order valence-corrected chi connectivity index (χ4v) is 2.33. The molecule has 0 saturated heterocycles. The summed E-state index contributed by atoms with van der Waals surface area (Å²) in [6.07, 6.45) is 2.51. The van der Waals surface area contributed by atoms with E-state index in [2.05, 4.69) is 21.2 Å².